The third-order valence-electron chi connectivity index (χ3n) is 2.21. The maximum atomic E-state index is 11.5. The average molecular weight is 241 g/mol. The van der Waals surface area contributed by atoms with Gasteiger partial charge >= 0.3 is 0 Å². The molecule has 1 amide bonds. The van der Waals surface area contributed by atoms with Crippen molar-refractivity contribution in [1.82, 2.24) is 4.98 Å². The maximum absolute atomic E-state index is 11.5. The Bertz CT molecular complexity index is 346. The van der Waals surface area contributed by atoms with Gasteiger partial charge < -0.3 is 5.32 Å². The zero-order valence-electron chi connectivity index (χ0n) is 9.72. The van der Waals surface area contributed by atoms with E-state index in [0.29, 0.717) is 11.6 Å². The van der Waals surface area contributed by atoms with Crippen LogP contribution in [0.1, 0.15) is 38.3 Å². The molecule has 4 heteroatoms. The van der Waals surface area contributed by atoms with E-state index in [-0.39, 0.29) is 5.91 Å². The van der Waals surface area contributed by atoms with Gasteiger partial charge in [0.2, 0.25) is 5.91 Å². The molecule has 0 saturated heterocycles. The van der Waals surface area contributed by atoms with Gasteiger partial charge in [-0.3, -0.25) is 4.79 Å². The highest BCUT2D eigenvalue weighted by atomic mass is 35.5. The Balaban J connectivity index is 2.49. The van der Waals surface area contributed by atoms with E-state index in [1.807, 2.05) is 13.0 Å². The van der Waals surface area contributed by atoms with Gasteiger partial charge in [-0.15, -0.1) is 0 Å². The van der Waals surface area contributed by atoms with Gasteiger partial charge in [-0.2, -0.15) is 0 Å². The number of carbonyl (C=O) groups excluding carboxylic acids is 1. The summed E-state index contributed by atoms with van der Waals surface area (Å²) in [7, 11) is 0. The molecular formula is C12H17ClN2O. The Morgan fingerprint density at radius 1 is 1.44 bits per heavy atom. The summed E-state index contributed by atoms with van der Waals surface area (Å²) in [5.41, 5.74) is 1.52. The molecule has 1 heterocycles. The van der Waals surface area contributed by atoms with E-state index >= 15 is 0 Å². The minimum absolute atomic E-state index is 0.0371. The highest BCUT2D eigenvalue weighted by Gasteiger charge is 2.03. The molecule has 0 saturated carbocycles. The number of nitrogens with one attached hydrogen (secondary N) is 1. The number of hydrogen-bond donors (Lipinski definition) is 1. The van der Waals surface area contributed by atoms with E-state index in [2.05, 4.69) is 17.2 Å². The molecule has 0 fully saturated rings. The van der Waals surface area contributed by atoms with Crippen molar-refractivity contribution in [2.24, 2.45) is 0 Å². The number of aryl methyl sites for hydroxylation is 1. The molecule has 1 rings (SSSR count). The highest BCUT2D eigenvalue weighted by molar-refractivity contribution is 6.29. The molecule has 0 bridgehead atoms. The number of rotatable bonds is 5. The van der Waals surface area contributed by atoms with Crippen LogP contribution < -0.4 is 5.32 Å². The third kappa shape index (κ3) is 4.62. The van der Waals surface area contributed by atoms with Crippen LogP contribution in [0.2, 0.25) is 5.15 Å². The van der Waals surface area contributed by atoms with E-state index < -0.39 is 0 Å². The molecule has 88 valence electrons. The first-order valence-electron chi connectivity index (χ1n) is 5.56. The predicted molar refractivity (Wildman–Crippen MR) is 66.8 cm³/mol. The van der Waals surface area contributed by atoms with Gasteiger partial charge in [-0.1, -0.05) is 31.4 Å². The SMILES string of the molecule is CCCCCC(=O)Nc1cc(C)nc(Cl)c1. The lowest BCUT2D eigenvalue weighted by Crippen LogP contribution is -2.11. The first-order valence-corrected chi connectivity index (χ1v) is 5.93. The van der Waals surface area contributed by atoms with Crippen LogP contribution in [0.25, 0.3) is 0 Å². The van der Waals surface area contributed by atoms with Crippen molar-refractivity contribution >= 4 is 23.2 Å². The van der Waals surface area contributed by atoms with Crippen LogP contribution in [-0.4, -0.2) is 10.9 Å². The Kier molecular flexibility index (Phi) is 5.26. The van der Waals surface area contributed by atoms with Crippen molar-refractivity contribution in [3.05, 3.63) is 23.0 Å². The molecule has 0 spiro atoms. The lowest BCUT2D eigenvalue weighted by molar-refractivity contribution is -0.116. The van der Waals surface area contributed by atoms with Gasteiger partial charge in [0.05, 0.1) is 0 Å². The number of amides is 1. The van der Waals surface area contributed by atoms with Crippen molar-refractivity contribution in [3.63, 3.8) is 0 Å². The summed E-state index contributed by atoms with van der Waals surface area (Å²) >= 11 is 5.80. The number of pyridine rings is 1. The number of anilines is 1. The van der Waals surface area contributed by atoms with Crippen molar-refractivity contribution in [2.75, 3.05) is 5.32 Å². The molecule has 3 nitrogen and oxygen atoms in total. The molecule has 0 aliphatic heterocycles. The van der Waals surface area contributed by atoms with Crippen LogP contribution in [-0.2, 0) is 4.79 Å². The molecule has 1 aromatic heterocycles. The molecule has 1 aromatic rings. The van der Waals surface area contributed by atoms with E-state index in [1.165, 1.54) is 0 Å². The molecule has 1 N–H and O–H groups in total. The second-order valence-corrected chi connectivity index (χ2v) is 4.21. The largest absolute Gasteiger partial charge is 0.326 e. The zero-order chi connectivity index (χ0) is 12.0. The molecule has 0 atom stereocenters. The summed E-state index contributed by atoms with van der Waals surface area (Å²) in [6.45, 7) is 3.96. The van der Waals surface area contributed by atoms with E-state index in [9.17, 15) is 4.79 Å². The molecule has 16 heavy (non-hydrogen) atoms. The minimum Gasteiger partial charge on any atom is -0.326 e. The number of carbonyl (C=O) groups is 1. The second-order valence-electron chi connectivity index (χ2n) is 3.83. The standard InChI is InChI=1S/C12H17ClN2O/c1-3-4-5-6-12(16)15-10-7-9(2)14-11(13)8-10/h7-8H,3-6H2,1-2H3,(H,14,15,16). The van der Waals surface area contributed by atoms with Crippen molar-refractivity contribution in [3.8, 4) is 0 Å². The smallest absolute Gasteiger partial charge is 0.224 e. The van der Waals surface area contributed by atoms with Crippen LogP contribution in [0.15, 0.2) is 12.1 Å². The third-order valence-corrected chi connectivity index (χ3v) is 2.41. The Morgan fingerprint density at radius 3 is 2.81 bits per heavy atom. The van der Waals surface area contributed by atoms with Crippen LogP contribution in [0.5, 0.6) is 0 Å². The fourth-order valence-corrected chi connectivity index (χ4v) is 1.71. The number of nitrogens with zero attached hydrogens (tertiary/aromatic N) is 1. The number of hydrogen-bond acceptors (Lipinski definition) is 2. The van der Waals surface area contributed by atoms with E-state index in [1.54, 1.807) is 6.07 Å². The molecule has 0 unspecified atom stereocenters. The van der Waals surface area contributed by atoms with Crippen molar-refractivity contribution < 1.29 is 4.79 Å². The highest BCUT2D eigenvalue weighted by Crippen LogP contribution is 2.15. The number of halogens is 1. The Hall–Kier alpha value is -1.09. The van der Waals surface area contributed by atoms with Crippen molar-refractivity contribution in [2.45, 2.75) is 39.5 Å². The second kappa shape index (κ2) is 6.48. The molecular weight excluding hydrogens is 224 g/mol. The van der Waals surface area contributed by atoms with Gasteiger partial charge in [-0.25, -0.2) is 4.98 Å². The van der Waals surface area contributed by atoms with Crippen LogP contribution in [0.4, 0.5) is 5.69 Å². The summed E-state index contributed by atoms with van der Waals surface area (Å²) in [5.74, 6) is 0.0371. The minimum atomic E-state index is 0.0371. The molecule has 0 aliphatic carbocycles. The average Bonchev–Trinajstić information content (AvgIpc) is 2.16. The lowest BCUT2D eigenvalue weighted by Gasteiger charge is -2.06. The van der Waals surface area contributed by atoms with E-state index in [0.717, 1.165) is 30.6 Å². The van der Waals surface area contributed by atoms with Crippen molar-refractivity contribution in [1.29, 1.82) is 0 Å². The number of aromatic nitrogens is 1. The number of unbranched alkanes of at least 4 members (excludes halogenated alkanes) is 2. The van der Waals surface area contributed by atoms with E-state index in [4.69, 9.17) is 11.6 Å². The molecule has 0 aromatic carbocycles. The van der Waals surface area contributed by atoms with Gasteiger partial charge in [0.1, 0.15) is 5.15 Å². The fraction of sp³-hybridized carbons (Fsp3) is 0.500. The quantitative estimate of drug-likeness (QED) is 0.632. The lowest BCUT2D eigenvalue weighted by atomic mass is 10.2. The molecule has 0 aliphatic rings. The summed E-state index contributed by atoms with van der Waals surface area (Å²) in [4.78, 5) is 15.6. The maximum Gasteiger partial charge on any atom is 0.224 e. The summed E-state index contributed by atoms with van der Waals surface area (Å²) in [5, 5.41) is 3.23. The topological polar surface area (TPSA) is 42.0 Å². The normalized spacial score (nSPS) is 10.2. The summed E-state index contributed by atoms with van der Waals surface area (Å²) in [6.07, 6.45) is 3.70. The fourth-order valence-electron chi connectivity index (χ4n) is 1.46. The van der Waals surface area contributed by atoms with Gasteiger partial charge in [0, 0.05) is 17.8 Å². The Labute approximate surface area is 101 Å². The Morgan fingerprint density at radius 2 is 2.19 bits per heavy atom. The summed E-state index contributed by atoms with van der Waals surface area (Å²) < 4.78 is 0. The van der Waals surface area contributed by atoms with Gasteiger partial charge in [0.15, 0.2) is 0 Å². The zero-order valence-corrected chi connectivity index (χ0v) is 10.5. The monoisotopic (exact) mass is 240 g/mol. The first-order chi connectivity index (χ1) is 7.61. The van der Waals surface area contributed by atoms with Gasteiger partial charge in [-0.05, 0) is 25.5 Å². The van der Waals surface area contributed by atoms with Gasteiger partial charge in [0.25, 0.3) is 0 Å². The van der Waals surface area contributed by atoms with Crippen LogP contribution in [0.3, 0.4) is 0 Å². The molecule has 0 radical (unpaired) electrons. The predicted octanol–water partition coefficient (Wildman–Crippen LogP) is 3.56. The van der Waals surface area contributed by atoms with Crippen LogP contribution >= 0.6 is 11.6 Å². The first kappa shape index (κ1) is 13.0. The summed E-state index contributed by atoms with van der Waals surface area (Å²) in [6, 6.07) is 3.47. The van der Waals surface area contributed by atoms with Crippen LogP contribution in [0, 0.1) is 6.92 Å².